The third-order valence-electron chi connectivity index (χ3n) is 3.94. The van der Waals surface area contributed by atoms with Gasteiger partial charge >= 0.3 is 6.03 Å². The van der Waals surface area contributed by atoms with Crippen molar-refractivity contribution < 1.29 is 9.53 Å². The summed E-state index contributed by atoms with van der Waals surface area (Å²) in [4.78, 5) is 24.7. The number of hydrogen-bond donors (Lipinski definition) is 1. The molecule has 7 nitrogen and oxygen atoms in total. The predicted molar refractivity (Wildman–Crippen MR) is 97.0 cm³/mol. The van der Waals surface area contributed by atoms with E-state index in [9.17, 15) is 4.79 Å². The van der Waals surface area contributed by atoms with Gasteiger partial charge in [-0.3, -0.25) is 4.98 Å². The number of urea groups is 1. The number of nitrogens with one attached hydrogen (secondary N) is 1. The minimum atomic E-state index is -0.101. The van der Waals surface area contributed by atoms with Gasteiger partial charge in [-0.25, -0.2) is 9.78 Å². The first kappa shape index (κ1) is 17.0. The topological polar surface area (TPSA) is 70.6 Å². The lowest BCUT2D eigenvalue weighted by Gasteiger charge is -2.36. The molecule has 0 saturated carbocycles. The summed E-state index contributed by atoms with van der Waals surface area (Å²) >= 11 is 0. The van der Waals surface area contributed by atoms with E-state index in [-0.39, 0.29) is 12.1 Å². The SMILES string of the molecule is CC(C)Oc1cc(NC(=O)N2CCN(c3ccncc3)CC2)ccn1. The number of hydrogen-bond acceptors (Lipinski definition) is 5. The number of nitrogens with zero attached hydrogens (tertiary/aromatic N) is 4. The van der Waals surface area contributed by atoms with Crippen LogP contribution in [0.4, 0.5) is 16.2 Å². The van der Waals surface area contributed by atoms with Crippen LogP contribution in [0, 0.1) is 0 Å². The smallest absolute Gasteiger partial charge is 0.321 e. The summed E-state index contributed by atoms with van der Waals surface area (Å²) in [6.07, 6.45) is 5.25. The number of carbonyl (C=O) groups excluding carboxylic acids is 1. The van der Waals surface area contributed by atoms with Gasteiger partial charge in [0.2, 0.25) is 5.88 Å². The normalized spacial score (nSPS) is 14.5. The van der Waals surface area contributed by atoms with Crippen LogP contribution < -0.4 is 15.0 Å². The number of carbonyl (C=O) groups is 1. The molecule has 1 aliphatic rings. The highest BCUT2D eigenvalue weighted by atomic mass is 16.5. The second kappa shape index (κ2) is 7.83. The van der Waals surface area contributed by atoms with Crippen molar-refractivity contribution in [3.8, 4) is 5.88 Å². The molecular weight excluding hydrogens is 318 g/mol. The van der Waals surface area contributed by atoms with Crippen LogP contribution in [0.15, 0.2) is 42.9 Å². The van der Waals surface area contributed by atoms with Crippen LogP contribution in [0.2, 0.25) is 0 Å². The largest absolute Gasteiger partial charge is 0.475 e. The van der Waals surface area contributed by atoms with Crippen molar-refractivity contribution in [2.45, 2.75) is 20.0 Å². The Bertz CT molecular complexity index is 700. The van der Waals surface area contributed by atoms with Gasteiger partial charge in [0.1, 0.15) is 0 Å². The van der Waals surface area contributed by atoms with Crippen LogP contribution in [0.3, 0.4) is 0 Å². The number of pyridine rings is 2. The van der Waals surface area contributed by atoms with E-state index in [2.05, 4.69) is 20.2 Å². The molecule has 0 atom stereocenters. The predicted octanol–water partition coefficient (Wildman–Crippen LogP) is 2.62. The molecular formula is C18H23N5O2. The van der Waals surface area contributed by atoms with Crippen molar-refractivity contribution in [2.75, 3.05) is 36.4 Å². The minimum absolute atomic E-state index is 0.0414. The summed E-state index contributed by atoms with van der Waals surface area (Å²) in [6.45, 7) is 6.83. The van der Waals surface area contributed by atoms with E-state index < -0.39 is 0 Å². The zero-order valence-corrected chi connectivity index (χ0v) is 14.6. The minimum Gasteiger partial charge on any atom is -0.475 e. The van der Waals surface area contributed by atoms with Gasteiger partial charge in [-0.2, -0.15) is 0 Å². The summed E-state index contributed by atoms with van der Waals surface area (Å²) < 4.78 is 5.56. The third kappa shape index (κ3) is 4.59. The molecule has 2 aromatic rings. The van der Waals surface area contributed by atoms with Crippen molar-refractivity contribution in [2.24, 2.45) is 0 Å². The first-order chi connectivity index (χ1) is 12.1. The molecule has 0 unspecified atom stereocenters. The monoisotopic (exact) mass is 341 g/mol. The molecule has 7 heteroatoms. The highest BCUT2D eigenvalue weighted by molar-refractivity contribution is 5.89. The Morgan fingerprint density at radius 1 is 1.12 bits per heavy atom. The second-order valence-electron chi connectivity index (χ2n) is 6.16. The van der Waals surface area contributed by atoms with Gasteiger partial charge in [-0.15, -0.1) is 0 Å². The Labute approximate surface area is 147 Å². The van der Waals surface area contributed by atoms with E-state index in [1.165, 1.54) is 0 Å². The average Bonchev–Trinajstić information content (AvgIpc) is 2.62. The highest BCUT2D eigenvalue weighted by Crippen LogP contribution is 2.18. The number of piperazine rings is 1. The maximum absolute atomic E-state index is 12.5. The molecule has 0 aromatic carbocycles. The molecule has 1 saturated heterocycles. The van der Waals surface area contributed by atoms with Crippen molar-refractivity contribution in [1.29, 1.82) is 0 Å². The van der Waals surface area contributed by atoms with Crippen LogP contribution in [-0.2, 0) is 0 Å². The van der Waals surface area contributed by atoms with Crippen LogP contribution in [0.1, 0.15) is 13.8 Å². The second-order valence-corrected chi connectivity index (χ2v) is 6.16. The highest BCUT2D eigenvalue weighted by Gasteiger charge is 2.21. The fourth-order valence-corrected chi connectivity index (χ4v) is 2.72. The van der Waals surface area contributed by atoms with Gasteiger partial charge in [0.25, 0.3) is 0 Å². The van der Waals surface area contributed by atoms with Crippen LogP contribution >= 0.6 is 0 Å². The molecule has 25 heavy (non-hydrogen) atoms. The summed E-state index contributed by atoms with van der Waals surface area (Å²) in [7, 11) is 0. The number of amides is 2. The van der Waals surface area contributed by atoms with Crippen molar-refractivity contribution in [1.82, 2.24) is 14.9 Å². The maximum Gasteiger partial charge on any atom is 0.321 e. The number of ether oxygens (including phenoxy) is 1. The van der Waals surface area contributed by atoms with Gasteiger partial charge in [0.05, 0.1) is 6.10 Å². The molecule has 132 valence electrons. The first-order valence-corrected chi connectivity index (χ1v) is 8.45. The van der Waals surface area contributed by atoms with Gasteiger partial charge in [0.15, 0.2) is 0 Å². The lowest BCUT2D eigenvalue weighted by Crippen LogP contribution is -2.50. The standard InChI is InChI=1S/C18H23N5O2/c1-14(2)25-17-13-15(3-8-20-17)21-18(24)23-11-9-22(10-12-23)16-4-6-19-7-5-16/h3-8,13-14H,9-12H2,1-2H3,(H,20,21,24). The summed E-state index contributed by atoms with van der Waals surface area (Å²) in [6, 6.07) is 7.38. The Morgan fingerprint density at radius 2 is 1.84 bits per heavy atom. The van der Waals surface area contributed by atoms with E-state index in [0.29, 0.717) is 24.7 Å². The van der Waals surface area contributed by atoms with Crippen molar-refractivity contribution in [3.05, 3.63) is 42.9 Å². The van der Waals surface area contributed by atoms with E-state index in [1.54, 1.807) is 30.7 Å². The van der Waals surface area contributed by atoms with Gasteiger partial charge in [0, 0.05) is 62.2 Å². The molecule has 0 bridgehead atoms. The van der Waals surface area contributed by atoms with Crippen LogP contribution in [0.5, 0.6) is 5.88 Å². The maximum atomic E-state index is 12.5. The van der Waals surface area contributed by atoms with E-state index in [4.69, 9.17) is 4.74 Å². The Kier molecular flexibility index (Phi) is 5.33. The molecule has 0 spiro atoms. The van der Waals surface area contributed by atoms with Crippen molar-refractivity contribution in [3.63, 3.8) is 0 Å². The molecule has 2 aromatic heterocycles. The Hall–Kier alpha value is -2.83. The van der Waals surface area contributed by atoms with E-state index >= 15 is 0 Å². The quantitative estimate of drug-likeness (QED) is 0.926. The van der Waals surface area contributed by atoms with Crippen LogP contribution in [-0.4, -0.2) is 53.2 Å². The molecule has 1 aliphatic heterocycles. The summed E-state index contributed by atoms with van der Waals surface area (Å²) in [5.41, 5.74) is 1.83. The van der Waals surface area contributed by atoms with Crippen LogP contribution in [0.25, 0.3) is 0 Å². The summed E-state index contributed by atoms with van der Waals surface area (Å²) in [5, 5.41) is 2.92. The lowest BCUT2D eigenvalue weighted by atomic mass is 10.3. The average molecular weight is 341 g/mol. The third-order valence-corrected chi connectivity index (χ3v) is 3.94. The molecule has 3 rings (SSSR count). The van der Waals surface area contributed by atoms with Gasteiger partial charge in [-0.1, -0.05) is 0 Å². The zero-order chi connectivity index (χ0) is 17.6. The molecule has 1 N–H and O–H groups in total. The first-order valence-electron chi connectivity index (χ1n) is 8.45. The fraction of sp³-hybridized carbons (Fsp3) is 0.389. The Morgan fingerprint density at radius 3 is 2.52 bits per heavy atom. The Balaban J connectivity index is 1.54. The zero-order valence-electron chi connectivity index (χ0n) is 14.6. The number of anilines is 2. The molecule has 1 fully saturated rings. The number of rotatable bonds is 4. The van der Waals surface area contributed by atoms with Gasteiger partial charge in [-0.05, 0) is 32.0 Å². The van der Waals surface area contributed by atoms with E-state index in [0.717, 1.165) is 18.8 Å². The molecule has 0 aliphatic carbocycles. The van der Waals surface area contributed by atoms with E-state index in [1.807, 2.05) is 30.9 Å². The molecule has 3 heterocycles. The number of aromatic nitrogens is 2. The molecule has 2 amide bonds. The van der Waals surface area contributed by atoms with Gasteiger partial charge < -0.3 is 19.9 Å². The summed E-state index contributed by atoms with van der Waals surface area (Å²) in [5.74, 6) is 0.510. The molecule has 0 radical (unpaired) electrons. The lowest BCUT2D eigenvalue weighted by molar-refractivity contribution is 0.208. The fourth-order valence-electron chi connectivity index (χ4n) is 2.72. The van der Waals surface area contributed by atoms with Crippen molar-refractivity contribution >= 4 is 17.4 Å².